The Labute approximate surface area is 240 Å². The maximum absolute atomic E-state index is 13.3. The van der Waals surface area contributed by atoms with Crippen molar-refractivity contribution < 1.29 is 14.3 Å². The first-order chi connectivity index (χ1) is 19.5. The van der Waals surface area contributed by atoms with Crippen LogP contribution in [0.25, 0.3) is 0 Å². The normalized spacial score (nSPS) is 16.9. The van der Waals surface area contributed by atoms with Gasteiger partial charge in [-0.2, -0.15) is 5.26 Å². The number of ketones is 1. The quantitative estimate of drug-likeness (QED) is 0.360. The van der Waals surface area contributed by atoms with Crippen molar-refractivity contribution in [3.63, 3.8) is 0 Å². The largest absolute Gasteiger partial charge is 0.497 e. The van der Waals surface area contributed by atoms with Crippen LogP contribution in [0.5, 0.6) is 5.75 Å². The number of benzene rings is 2. The molecule has 0 bridgehead atoms. The van der Waals surface area contributed by atoms with Gasteiger partial charge in [-0.05, 0) is 42.5 Å². The zero-order chi connectivity index (χ0) is 28.1. The molecule has 2 heterocycles. The molecule has 0 spiro atoms. The van der Waals surface area contributed by atoms with Gasteiger partial charge in [-0.3, -0.25) is 14.5 Å². The van der Waals surface area contributed by atoms with Crippen LogP contribution in [0, 0.1) is 11.3 Å². The molecule has 1 atom stereocenters. The number of carbonyl (C=O) groups is 2. The van der Waals surface area contributed by atoms with Crippen LogP contribution in [0.4, 0.5) is 5.13 Å². The zero-order valence-electron chi connectivity index (χ0n) is 21.9. The van der Waals surface area contributed by atoms with Crippen LogP contribution in [0.2, 0.25) is 0 Å². The molecule has 1 aliphatic heterocycles. The molecular weight excluding hydrogens is 544 g/mol. The van der Waals surface area contributed by atoms with Crippen LogP contribution >= 0.6 is 23.1 Å². The van der Waals surface area contributed by atoms with E-state index in [0.717, 1.165) is 23.2 Å². The second-order valence-electron chi connectivity index (χ2n) is 9.31. The van der Waals surface area contributed by atoms with Gasteiger partial charge >= 0.3 is 0 Å². The molecule has 0 saturated carbocycles. The van der Waals surface area contributed by atoms with Crippen molar-refractivity contribution in [1.82, 2.24) is 15.5 Å². The molecule has 9 nitrogen and oxygen atoms in total. The third-order valence-corrected chi connectivity index (χ3v) is 8.90. The van der Waals surface area contributed by atoms with E-state index in [1.165, 1.54) is 23.1 Å². The number of anilines is 1. The van der Waals surface area contributed by atoms with Gasteiger partial charge in [0, 0.05) is 24.2 Å². The van der Waals surface area contributed by atoms with Crippen molar-refractivity contribution >= 4 is 39.9 Å². The molecule has 1 aromatic heterocycles. The number of rotatable bonds is 9. The molecule has 11 heteroatoms. The summed E-state index contributed by atoms with van der Waals surface area (Å²) in [7, 11) is 1.59. The van der Waals surface area contributed by atoms with E-state index in [2.05, 4.69) is 21.6 Å². The first-order valence-corrected chi connectivity index (χ1v) is 14.7. The molecule has 1 unspecified atom stereocenters. The van der Waals surface area contributed by atoms with Crippen molar-refractivity contribution in [1.29, 1.82) is 5.26 Å². The molecule has 0 saturated heterocycles. The van der Waals surface area contributed by atoms with Gasteiger partial charge in [-0.25, -0.2) is 0 Å². The maximum Gasteiger partial charge on any atom is 0.230 e. The lowest BCUT2D eigenvalue weighted by Crippen LogP contribution is -2.38. The van der Waals surface area contributed by atoms with E-state index in [1.807, 2.05) is 54.6 Å². The molecule has 1 amide bonds. The molecule has 3 aromatic rings. The van der Waals surface area contributed by atoms with Gasteiger partial charge in [0.25, 0.3) is 0 Å². The number of nitrogens with zero attached hydrogens (tertiary/aromatic N) is 4. The fourth-order valence-electron chi connectivity index (χ4n) is 4.96. The number of allylic oxidation sites excluding steroid dienone is 3. The van der Waals surface area contributed by atoms with E-state index in [0.29, 0.717) is 52.2 Å². The summed E-state index contributed by atoms with van der Waals surface area (Å²) >= 11 is 2.57. The van der Waals surface area contributed by atoms with Gasteiger partial charge in [0.1, 0.15) is 11.6 Å². The molecule has 40 heavy (non-hydrogen) atoms. The Morgan fingerprint density at radius 3 is 2.70 bits per heavy atom. The number of nitrogens with one attached hydrogen (secondary N) is 1. The number of nitrogens with two attached hydrogens (primary N) is 1. The molecule has 0 fully saturated rings. The minimum atomic E-state index is -0.559. The van der Waals surface area contributed by atoms with Gasteiger partial charge in [0.2, 0.25) is 11.0 Å². The Bertz CT molecular complexity index is 1510. The topological polar surface area (TPSA) is 134 Å². The molecule has 0 radical (unpaired) electrons. The van der Waals surface area contributed by atoms with E-state index in [4.69, 9.17) is 10.5 Å². The minimum absolute atomic E-state index is 0.00129. The minimum Gasteiger partial charge on any atom is -0.497 e. The Morgan fingerprint density at radius 2 is 1.98 bits per heavy atom. The standard InChI is InChI=1S/C29H28N6O3S2/c1-38-20-12-10-19(11-13-20)25-21(16-30)27(31)35(22-8-5-9-23(36)26(22)25)28-33-34-29(40-28)39-17-24(37)32-15-14-18-6-3-2-4-7-18/h2-4,6-7,10-13,25H,5,8-9,14-15,17,31H2,1H3,(H,32,37). The second kappa shape index (κ2) is 12.4. The molecule has 2 aromatic carbocycles. The summed E-state index contributed by atoms with van der Waals surface area (Å²) in [6, 6.07) is 19.6. The highest BCUT2D eigenvalue weighted by atomic mass is 32.2. The van der Waals surface area contributed by atoms with E-state index in [-0.39, 0.29) is 23.3 Å². The highest BCUT2D eigenvalue weighted by molar-refractivity contribution is 8.01. The summed E-state index contributed by atoms with van der Waals surface area (Å²) in [6.45, 7) is 0.553. The smallest absolute Gasteiger partial charge is 0.230 e. The molecule has 1 aliphatic carbocycles. The van der Waals surface area contributed by atoms with Crippen molar-refractivity contribution in [2.75, 3.05) is 24.3 Å². The average molecular weight is 573 g/mol. The lowest BCUT2D eigenvalue weighted by molar-refractivity contribution is -0.118. The van der Waals surface area contributed by atoms with Gasteiger partial charge in [0.05, 0.1) is 30.4 Å². The number of carbonyl (C=O) groups excluding carboxylic acids is 2. The molecule has 204 valence electrons. The summed E-state index contributed by atoms with van der Waals surface area (Å²) in [5.74, 6) is 0.471. The maximum atomic E-state index is 13.3. The average Bonchev–Trinajstić information content (AvgIpc) is 3.44. The van der Waals surface area contributed by atoms with E-state index >= 15 is 0 Å². The van der Waals surface area contributed by atoms with E-state index < -0.39 is 5.92 Å². The third-order valence-electron chi connectivity index (χ3n) is 6.85. The number of ether oxygens (including phenoxy) is 1. The molecule has 2 aliphatic rings. The predicted molar refractivity (Wildman–Crippen MR) is 155 cm³/mol. The number of hydrogen-bond donors (Lipinski definition) is 2. The van der Waals surface area contributed by atoms with Gasteiger partial charge in [-0.15, -0.1) is 10.2 Å². The van der Waals surface area contributed by atoms with Crippen molar-refractivity contribution in [2.45, 2.75) is 35.9 Å². The zero-order valence-corrected chi connectivity index (χ0v) is 23.6. The lowest BCUT2D eigenvalue weighted by atomic mass is 9.76. The van der Waals surface area contributed by atoms with Crippen molar-refractivity contribution in [3.05, 3.63) is 88.4 Å². The molecule has 5 rings (SSSR count). The van der Waals surface area contributed by atoms with Crippen molar-refractivity contribution in [3.8, 4) is 11.8 Å². The number of aromatic nitrogens is 2. The van der Waals surface area contributed by atoms with Gasteiger partial charge in [0.15, 0.2) is 10.1 Å². The predicted octanol–water partition coefficient (Wildman–Crippen LogP) is 4.30. The van der Waals surface area contributed by atoms with Crippen LogP contribution in [0.1, 0.15) is 36.3 Å². The van der Waals surface area contributed by atoms with Crippen LogP contribution < -0.4 is 20.7 Å². The van der Waals surface area contributed by atoms with Gasteiger partial charge in [-0.1, -0.05) is 65.6 Å². The summed E-state index contributed by atoms with van der Waals surface area (Å²) in [4.78, 5) is 27.4. The number of amides is 1. The number of thioether (sulfide) groups is 1. The summed E-state index contributed by atoms with van der Waals surface area (Å²) in [5.41, 5.74) is 10.2. The van der Waals surface area contributed by atoms with Crippen LogP contribution in [-0.4, -0.2) is 41.3 Å². The second-order valence-corrected chi connectivity index (χ2v) is 11.5. The van der Waals surface area contributed by atoms with Crippen LogP contribution in [-0.2, 0) is 16.0 Å². The first-order valence-electron chi connectivity index (χ1n) is 12.9. The van der Waals surface area contributed by atoms with E-state index in [9.17, 15) is 14.9 Å². The Kier molecular flexibility index (Phi) is 8.48. The Hall–Kier alpha value is -4.14. The fraction of sp³-hybridized carbons (Fsp3) is 0.276. The molecule has 3 N–H and O–H groups in total. The number of nitriles is 1. The highest BCUT2D eigenvalue weighted by Crippen LogP contribution is 2.47. The van der Waals surface area contributed by atoms with Gasteiger partial charge < -0.3 is 15.8 Å². The number of Topliss-reactive ketones (excluding diaryl/α,β-unsaturated/α-hetero) is 1. The van der Waals surface area contributed by atoms with Crippen LogP contribution in [0.15, 0.2) is 81.6 Å². The third kappa shape index (κ3) is 5.73. The fourth-order valence-corrected chi connectivity index (χ4v) is 6.67. The monoisotopic (exact) mass is 572 g/mol. The first kappa shape index (κ1) is 27.4. The highest BCUT2D eigenvalue weighted by Gasteiger charge is 2.41. The molecular formula is C29H28N6O3S2. The van der Waals surface area contributed by atoms with Crippen LogP contribution in [0.3, 0.4) is 0 Å². The summed E-state index contributed by atoms with van der Waals surface area (Å²) in [5, 5.41) is 22.2. The Morgan fingerprint density at radius 1 is 1.20 bits per heavy atom. The SMILES string of the molecule is COc1ccc(C2C(C#N)=C(N)N(c3nnc(SCC(=O)NCCc4ccccc4)s3)C3=C2C(=O)CCC3)cc1. The lowest BCUT2D eigenvalue weighted by Gasteiger charge is -2.38. The summed E-state index contributed by atoms with van der Waals surface area (Å²) < 4.78 is 5.88. The number of methoxy groups -OCH3 is 1. The Balaban J connectivity index is 1.34. The van der Waals surface area contributed by atoms with Crippen molar-refractivity contribution in [2.24, 2.45) is 5.73 Å². The number of hydrogen-bond acceptors (Lipinski definition) is 10. The summed E-state index contributed by atoms with van der Waals surface area (Å²) in [6.07, 6.45) is 2.48. The van der Waals surface area contributed by atoms with E-state index in [1.54, 1.807) is 12.0 Å².